The van der Waals surface area contributed by atoms with Gasteiger partial charge in [0.15, 0.2) is 6.73 Å². The molecule has 0 spiro atoms. The lowest BCUT2D eigenvalue weighted by atomic mass is 9.98. The van der Waals surface area contributed by atoms with Crippen LogP contribution >= 0.6 is 11.3 Å². The quantitative estimate of drug-likeness (QED) is 0.110. The van der Waals surface area contributed by atoms with Gasteiger partial charge in [-0.2, -0.15) is 0 Å². The van der Waals surface area contributed by atoms with Crippen molar-refractivity contribution in [2.45, 2.75) is 96.8 Å². The number of halogens is 1. The monoisotopic (exact) mass is 635 g/mol. The third-order valence-corrected chi connectivity index (χ3v) is 10.2. The van der Waals surface area contributed by atoms with Gasteiger partial charge in [0.05, 0.1) is 5.69 Å². The molecular formula is C37H50FN3O3S. The average molecular weight is 636 g/mol. The summed E-state index contributed by atoms with van der Waals surface area (Å²) < 4.78 is 20.8. The molecule has 1 fully saturated rings. The van der Waals surface area contributed by atoms with Crippen molar-refractivity contribution in [2.75, 3.05) is 49.3 Å². The first kappa shape index (κ1) is 33.4. The lowest BCUT2D eigenvalue weighted by Crippen LogP contribution is -2.47. The smallest absolute Gasteiger partial charge is 0.307 e. The molecule has 2 aromatic carbocycles. The van der Waals surface area contributed by atoms with Crippen molar-refractivity contribution in [2.24, 2.45) is 0 Å². The lowest BCUT2D eigenvalue weighted by Gasteiger charge is -2.36. The van der Waals surface area contributed by atoms with Gasteiger partial charge in [-0.15, -0.1) is 11.3 Å². The molecule has 5 rings (SSSR count). The van der Waals surface area contributed by atoms with Gasteiger partial charge in [-0.3, -0.25) is 19.4 Å². The standard InChI is InChI=1S/C37H50FN3O3S/c1-2-3-4-5-6-7-8-9-10-11-12-37(43)44-28-41-33-25-29(13-14-30(33)15-16-36(41)42)17-19-39-20-22-40(23-21-39)34-26-31(38)27-35-32(34)18-24-45-35/h13-14,18,24-27H,2-12,15-17,19-23,28H2,1H3. The van der Waals surface area contributed by atoms with Crippen LogP contribution in [0.3, 0.4) is 0 Å². The Balaban J connectivity index is 1.04. The maximum atomic E-state index is 14.2. The normalized spacial score (nSPS) is 15.6. The molecular weight excluding hydrogens is 585 g/mol. The van der Waals surface area contributed by atoms with Crippen LogP contribution < -0.4 is 9.80 Å². The first-order valence-electron chi connectivity index (χ1n) is 17.2. The maximum Gasteiger partial charge on any atom is 0.307 e. The number of hydrogen-bond donors (Lipinski definition) is 0. The van der Waals surface area contributed by atoms with Gasteiger partial charge < -0.3 is 9.64 Å². The van der Waals surface area contributed by atoms with E-state index in [0.717, 1.165) is 85.4 Å². The van der Waals surface area contributed by atoms with Gasteiger partial charge in [-0.1, -0.05) is 76.8 Å². The van der Waals surface area contributed by atoms with Gasteiger partial charge in [0.1, 0.15) is 5.82 Å². The van der Waals surface area contributed by atoms with Crippen molar-refractivity contribution in [3.63, 3.8) is 0 Å². The van der Waals surface area contributed by atoms with Crippen LogP contribution in [0, 0.1) is 5.82 Å². The highest BCUT2D eigenvalue weighted by Gasteiger charge is 2.26. The molecule has 0 atom stereocenters. The molecule has 45 heavy (non-hydrogen) atoms. The first-order valence-corrected chi connectivity index (χ1v) is 18.1. The number of esters is 1. The fourth-order valence-electron chi connectivity index (χ4n) is 6.63. The summed E-state index contributed by atoms with van der Waals surface area (Å²) in [6.45, 7) is 6.74. The van der Waals surface area contributed by atoms with Gasteiger partial charge in [0, 0.05) is 61.3 Å². The molecule has 0 saturated carbocycles. The number of nitrogens with zero attached hydrogens (tertiary/aromatic N) is 3. The van der Waals surface area contributed by atoms with Crippen molar-refractivity contribution in [3.8, 4) is 0 Å². The number of rotatable bonds is 17. The molecule has 1 amide bonds. The summed E-state index contributed by atoms with van der Waals surface area (Å²) in [5, 5.41) is 3.16. The number of anilines is 2. The molecule has 0 aliphatic carbocycles. The highest BCUT2D eigenvalue weighted by Crippen LogP contribution is 2.33. The molecule has 0 unspecified atom stereocenters. The number of thiophene rings is 1. The summed E-state index contributed by atoms with van der Waals surface area (Å²) in [6, 6.07) is 11.8. The zero-order valence-electron chi connectivity index (χ0n) is 27.0. The third kappa shape index (κ3) is 9.52. The Morgan fingerprint density at radius 3 is 2.36 bits per heavy atom. The summed E-state index contributed by atoms with van der Waals surface area (Å²) in [5.74, 6) is -0.381. The zero-order chi connectivity index (χ0) is 31.4. The third-order valence-electron chi connectivity index (χ3n) is 9.38. The molecule has 1 aromatic heterocycles. The largest absolute Gasteiger partial charge is 0.444 e. The predicted molar refractivity (Wildman–Crippen MR) is 184 cm³/mol. The van der Waals surface area contributed by atoms with Crippen LogP contribution in [-0.4, -0.2) is 56.2 Å². The minimum atomic E-state index is -0.220. The summed E-state index contributed by atoms with van der Waals surface area (Å²) in [4.78, 5) is 31.8. The first-order chi connectivity index (χ1) is 22.0. The zero-order valence-corrected chi connectivity index (χ0v) is 27.9. The Morgan fingerprint density at radius 1 is 0.867 bits per heavy atom. The van der Waals surface area contributed by atoms with Gasteiger partial charge in [0.25, 0.3) is 0 Å². The van der Waals surface area contributed by atoms with E-state index in [1.165, 1.54) is 56.9 Å². The molecule has 8 heteroatoms. The van der Waals surface area contributed by atoms with E-state index in [9.17, 15) is 14.0 Å². The molecule has 2 aliphatic heterocycles. The Morgan fingerprint density at radius 2 is 1.60 bits per heavy atom. The van der Waals surface area contributed by atoms with Crippen molar-refractivity contribution in [1.82, 2.24) is 4.90 Å². The maximum absolute atomic E-state index is 14.2. The van der Waals surface area contributed by atoms with Crippen LogP contribution in [0.2, 0.25) is 0 Å². The number of aryl methyl sites for hydroxylation is 1. The minimum absolute atomic E-state index is 0.00861. The second-order valence-electron chi connectivity index (χ2n) is 12.7. The number of benzene rings is 2. The molecule has 3 aromatic rings. The summed E-state index contributed by atoms with van der Waals surface area (Å²) in [7, 11) is 0. The molecule has 0 N–H and O–H groups in total. The van der Waals surface area contributed by atoms with E-state index in [2.05, 4.69) is 41.0 Å². The molecule has 0 bridgehead atoms. The molecule has 244 valence electrons. The second kappa shape index (κ2) is 17.1. The number of fused-ring (bicyclic) bond motifs is 2. The van der Waals surface area contributed by atoms with E-state index in [-0.39, 0.29) is 24.4 Å². The average Bonchev–Trinajstić information content (AvgIpc) is 3.52. The fraction of sp³-hybridized carbons (Fsp3) is 0.568. The van der Waals surface area contributed by atoms with E-state index in [0.29, 0.717) is 12.8 Å². The van der Waals surface area contributed by atoms with Crippen LogP contribution in [0.5, 0.6) is 0 Å². The molecule has 2 aliphatic rings. The van der Waals surface area contributed by atoms with Crippen molar-refractivity contribution in [3.05, 3.63) is 58.7 Å². The van der Waals surface area contributed by atoms with Crippen LogP contribution in [0.1, 0.15) is 95.1 Å². The summed E-state index contributed by atoms with van der Waals surface area (Å²) in [6.07, 6.45) is 14.7. The van der Waals surface area contributed by atoms with E-state index in [1.807, 2.05) is 5.38 Å². The number of piperazine rings is 1. The van der Waals surface area contributed by atoms with Crippen LogP contribution in [0.15, 0.2) is 41.8 Å². The van der Waals surface area contributed by atoms with Gasteiger partial charge >= 0.3 is 5.97 Å². The molecule has 6 nitrogen and oxygen atoms in total. The van der Waals surface area contributed by atoms with Crippen LogP contribution in [0.25, 0.3) is 10.1 Å². The Kier molecular flexibility index (Phi) is 12.7. The lowest BCUT2D eigenvalue weighted by molar-refractivity contribution is -0.144. The minimum Gasteiger partial charge on any atom is -0.444 e. The van der Waals surface area contributed by atoms with Gasteiger partial charge in [-0.05, 0) is 60.0 Å². The molecule has 0 radical (unpaired) electrons. The van der Waals surface area contributed by atoms with Crippen LogP contribution in [0.4, 0.5) is 15.8 Å². The predicted octanol–water partition coefficient (Wildman–Crippen LogP) is 8.50. The number of carbonyl (C=O) groups excluding carboxylic acids is 2. The van der Waals surface area contributed by atoms with E-state index >= 15 is 0 Å². The number of ether oxygens (including phenoxy) is 1. The van der Waals surface area contributed by atoms with Crippen molar-refractivity contribution >= 4 is 44.7 Å². The number of amides is 1. The number of hydrogen-bond acceptors (Lipinski definition) is 6. The van der Waals surface area contributed by atoms with E-state index in [4.69, 9.17) is 4.74 Å². The van der Waals surface area contributed by atoms with Crippen molar-refractivity contribution < 1.29 is 18.7 Å². The highest BCUT2D eigenvalue weighted by atomic mass is 32.1. The van der Waals surface area contributed by atoms with E-state index in [1.54, 1.807) is 28.4 Å². The molecule has 3 heterocycles. The molecule has 1 saturated heterocycles. The second-order valence-corrected chi connectivity index (χ2v) is 13.6. The van der Waals surface area contributed by atoms with Crippen molar-refractivity contribution in [1.29, 1.82) is 0 Å². The topological polar surface area (TPSA) is 53.1 Å². The Labute approximate surface area is 272 Å². The summed E-state index contributed by atoms with van der Waals surface area (Å²) >= 11 is 1.58. The summed E-state index contributed by atoms with van der Waals surface area (Å²) in [5.41, 5.74) is 4.19. The Bertz CT molecular complexity index is 1400. The number of carbonyl (C=O) groups is 2. The SMILES string of the molecule is CCCCCCCCCCCCC(=O)OCN1C(=O)CCc2ccc(CCN3CCN(c4cc(F)cc5sccc45)CC3)cc21. The van der Waals surface area contributed by atoms with Crippen LogP contribution in [-0.2, 0) is 27.2 Å². The van der Waals surface area contributed by atoms with Gasteiger partial charge in [0.2, 0.25) is 5.91 Å². The fourth-order valence-corrected chi connectivity index (χ4v) is 7.46. The van der Waals surface area contributed by atoms with E-state index < -0.39 is 0 Å². The Hall–Kier alpha value is -2.97. The highest BCUT2D eigenvalue weighted by molar-refractivity contribution is 7.17. The number of unbranched alkanes of at least 4 members (excludes halogenated alkanes) is 9. The van der Waals surface area contributed by atoms with Gasteiger partial charge in [-0.25, -0.2) is 4.39 Å².